The second-order valence-corrected chi connectivity index (χ2v) is 9.53. The Morgan fingerprint density at radius 2 is 1.62 bits per heavy atom. The maximum Gasteiger partial charge on any atom is 0.306 e. The molecule has 1 amide bonds. The summed E-state index contributed by atoms with van der Waals surface area (Å²) < 4.78 is 27.5. The SMILES string of the molecule is CC(C)(C)OC(=O)CCCCCCNC(=O)c1ccc(S(=O)(=O)Cl)cc1. The smallest absolute Gasteiger partial charge is 0.306 e. The van der Waals surface area contributed by atoms with E-state index >= 15 is 0 Å². The zero-order valence-corrected chi connectivity index (χ0v) is 17.0. The first-order valence-electron chi connectivity index (χ1n) is 8.54. The molecule has 0 unspecified atom stereocenters. The van der Waals surface area contributed by atoms with E-state index in [4.69, 9.17) is 15.4 Å². The van der Waals surface area contributed by atoms with Gasteiger partial charge in [-0.25, -0.2) is 8.42 Å². The Balaban J connectivity index is 2.20. The normalized spacial score (nSPS) is 11.8. The number of halogens is 1. The van der Waals surface area contributed by atoms with Gasteiger partial charge in [-0.05, 0) is 57.9 Å². The topological polar surface area (TPSA) is 89.5 Å². The van der Waals surface area contributed by atoms with Crippen LogP contribution in [-0.2, 0) is 18.6 Å². The lowest BCUT2D eigenvalue weighted by Crippen LogP contribution is -2.24. The summed E-state index contributed by atoms with van der Waals surface area (Å²) in [6.07, 6.45) is 3.74. The molecule has 0 radical (unpaired) electrons. The molecule has 0 fully saturated rings. The molecule has 0 aliphatic carbocycles. The van der Waals surface area contributed by atoms with Crippen molar-refractivity contribution in [3.05, 3.63) is 29.8 Å². The van der Waals surface area contributed by atoms with Gasteiger partial charge in [0.15, 0.2) is 0 Å². The van der Waals surface area contributed by atoms with Crippen LogP contribution in [0.3, 0.4) is 0 Å². The van der Waals surface area contributed by atoms with Gasteiger partial charge in [-0.2, -0.15) is 0 Å². The fourth-order valence-electron chi connectivity index (χ4n) is 2.21. The fraction of sp³-hybridized carbons (Fsp3) is 0.556. The summed E-state index contributed by atoms with van der Waals surface area (Å²) >= 11 is 0. The molecular weight excluding hydrogens is 378 g/mol. The number of nitrogens with one attached hydrogen (secondary N) is 1. The van der Waals surface area contributed by atoms with Crippen molar-refractivity contribution in [2.24, 2.45) is 0 Å². The fourth-order valence-corrected chi connectivity index (χ4v) is 2.98. The summed E-state index contributed by atoms with van der Waals surface area (Å²) in [4.78, 5) is 23.5. The number of hydrogen-bond donors (Lipinski definition) is 1. The van der Waals surface area contributed by atoms with Crippen molar-refractivity contribution in [2.45, 2.75) is 63.4 Å². The van der Waals surface area contributed by atoms with Crippen LogP contribution in [-0.4, -0.2) is 32.4 Å². The molecule has 0 bridgehead atoms. The Morgan fingerprint density at radius 3 is 2.15 bits per heavy atom. The zero-order valence-electron chi connectivity index (χ0n) is 15.4. The number of esters is 1. The van der Waals surface area contributed by atoms with Crippen molar-refractivity contribution in [3.63, 3.8) is 0 Å². The molecule has 1 aromatic carbocycles. The lowest BCUT2D eigenvalue weighted by atomic mass is 10.1. The number of carbonyl (C=O) groups is 2. The molecule has 1 rings (SSSR count). The van der Waals surface area contributed by atoms with Crippen LogP contribution in [0.1, 0.15) is 63.2 Å². The summed E-state index contributed by atoms with van der Waals surface area (Å²) in [6.45, 7) is 6.04. The first-order valence-corrected chi connectivity index (χ1v) is 10.8. The molecule has 146 valence electrons. The molecule has 6 nitrogen and oxygen atoms in total. The minimum absolute atomic E-state index is 0.0410. The van der Waals surface area contributed by atoms with Gasteiger partial charge in [-0.1, -0.05) is 12.8 Å². The van der Waals surface area contributed by atoms with Gasteiger partial charge in [0.2, 0.25) is 0 Å². The Kier molecular flexibility index (Phi) is 8.56. The van der Waals surface area contributed by atoms with Crippen LogP contribution in [0.2, 0.25) is 0 Å². The molecule has 0 saturated carbocycles. The van der Waals surface area contributed by atoms with E-state index in [1.165, 1.54) is 24.3 Å². The minimum Gasteiger partial charge on any atom is -0.460 e. The van der Waals surface area contributed by atoms with E-state index in [-0.39, 0.29) is 16.8 Å². The molecule has 8 heteroatoms. The molecule has 0 aliphatic rings. The minimum atomic E-state index is -3.78. The predicted octanol–water partition coefficient (Wildman–Crippen LogP) is 3.64. The highest BCUT2D eigenvalue weighted by Gasteiger charge is 2.15. The second-order valence-electron chi connectivity index (χ2n) is 6.97. The summed E-state index contributed by atoms with van der Waals surface area (Å²) in [7, 11) is 1.44. The van der Waals surface area contributed by atoms with Gasteiger partial charge in [0, 0.05) is 29.2 Å². The first kappa shape index (κ1) is 22.4. The Labute approximate surface area is 159 Å². The Bertz CT molecular complexity index is 708. The van der Waals surface area contributed by atoms with Crippen molar-refractivity contribution in [1.29, 1.82) is 0 Å². The molecular formula is C18H26ClNO5S. The van der Waals surface area contributed by atoms with Crippen molar-refractivity contribution < 1.29 is 22.7 Å². The molecule has 0 heterocycles. The largest absolute Gasteiger partial charge is 0.460 e. The standard InChI is InChI=1S/C18H26ClNO5S/c1-18(2,3)25-16(21)8-6-4-5-7-13-20-17(22)14-9-11-15(12-10-14)26(19,23)24/h9-12H,4-8,13H2,1-3H3,(H,20,22). The molecule has 1 aromatic rings. The van der Waals surface area contributed by atoms with E-state index in [9.17, 15) is 18.0 Å². The molecule has 0 saturated heterocycles. The summed E-state index contributed by atoms with van der Waals surface area (Å²) in [6, 6.07) is 5.44. The monoisotopic (exact) mass is 403 g/mol. The second kappa shape index (κ2) is 9.92. The van der Waals surface area contributed by atoms with E-state index in [1.807, 2.05) is 20.8 Å². The Morgan fingerprint density at radius 1 is 1.04 bits per heavy atom. The van der Waals surface area contributed by atoms with Crippen LogP contribution in [0.4, 0.5) is 0 Å². The highest BCUT2D eigenvalue weighted by atomic mass is 35.7. The van der Waals surface area contributed by atoms with Gasteiger partial charge < -0.3 is 10.1 Å². The van der Waals surface area contributed by atoms with Crippen LogP contribution in [0.25, 0.3) is 0 Å². The number of amides is 1. The van der Waals surface area contributed by atoms with E-state index in [2.05, 4.69) is 5.32 Å². The molecule has 0 aromatic heterocycles. The van der Waals surface area contributed by atoms with Gasteiger partial charge in [0.05, 0.1) is 4.90 Å². The third-order valence-electron chi connectivity index (χ3n) is 3.41. The summed E-state index contributed by atoms with van der Waals surface area (Å²) in [5.41, 5.74) is -0.0768. The number of carbonyl (C=O) groups excluding carboxylic acids is 2. The van der Waals surface area contributed by atoms with Crippen molar-refractivity contribution in [2.75, 3.05) is 6.54 Å². The molecule has 0 atom stereocenters. The van der Waals surface area contributed by atoms with Crippen LogP contribution >= 0.6 is 10.7 Å². The number of ether oxygens (including phenoxy) is 1. The maximum atomic E-state index is 12.0. The predicted molar refractivity (Wildman–Crippen MR) is 101 cm³/mol. The number of unbranched alkanes of at least 4 members (excludes halogenated alkanes) is 3. The van der Waals surface area contributed by atoms with Gasteiger partial charge in [-0.15, -0.1) is 0 Å². The van der Waals surface area contributed by atoms with E-state index in [1.54, 1.807) is 0 Å². The van der Waals surface area contributed by atoms with Crippen LogP contribution in [0.15, 0.2) is 29.2 Å². The molecule has 1 N–H and O–H groups in total. The van der Waals surface area contributed by atoms with Crippen molar-refractivity contribution in [1.82, 2.24) is 5.32 Å². The number of rotatable bonds is 9. The van der Waals surface area contributed by atoms with Gasteiger partial charge in [-0.3, -0.25) is 9.59 Å². The van der Waals surface area contributed by atoms with Crippen LogP contribution < -0.4 is 5.32 Å². The highest BCUT2D eigenvalue weighted by molar-refractivity contribution is 8.13. The van der Waals surface area contributed by atoms with E-state index < -0.39 is 14.7 Å². The highest BCUT2D eigenvalue weighted by Crippen LogP contribution is 2.15. The number of benzene rings is 1. The lowest BCUT2D eigenvalue weighted by Gasteiger charge is -2.19. The van der Waals surface area contributed by atoms with Gasteiger partial charge >= 0.3 is 5.97 Å². The third kappa shape index (κ3) is 9.20. The molecule has 26 heavy (non-hydrogen) atoms. The van der Waals surface area contributed by atoms with Crippen molar-refractivity contribution in [3.8, 4) is 0 Å². The summed E-state index contributed by atoms with van der Waals surface area (Å²) in [5, 5.41) is 2.77. The van der Waals surface area contributed by atoms with Gasteiger partial charge in [0.1, 0.15) is 5.60 Å². The zero-order chi connectivity index (χ0) is 19.8. The maximum absolute atomic E-state index is 12.0. The van der Waals surface area contributed by atoms with Crippen LogP contribution in [0, 0.1) is 0 Å². The van der Waals surface area contributed by atoms with Gasteiger partial charge in [0.25, 0.3) is 15.0 Å². The van der Waals surface area contributed by atoms with Crippen molar-refractivity contribution >= 4 is 31.6 Å². The van der Waals surface area contributed by atoms with Crippen LogP contribution in [0.5, 0.6) is 0 Å². The van der Waals surface area contributed by atoms with E-state index in [0.29, 0.717) is 18.5 Å². The first-order chi connectivity index (χ1) is 12.0. The quantitative estimate of drug-likeness (QED) is 0.386. The molecule has 0 aliphatic heterocycles. The lowest BCUT2D eigenvalue weighted by molar-refractivity contribution is -0.154. The average Bonchev–Trinajstić information content (AvgIpc) is 2.51. The third-order valence-corrected chi connectivity index (χ3v) is 4.78. The number of hydrogen-bond acceptors (Lipinski definition) is 5. The average molecular weight is 404 g/mol. The van der Waals surface area contributed by atoms with E-state index in [0.717, 1.165) is 25.7 Å². The Hall–Kier alpha value is -1.60. The summed E-state index contributed by atoms with van der Waals surface area (Å²) in [5.74, 6) is -0.453. The molecule has 0 spiro atoms.